The van der Waals surface area contributed by atoms with Crippen molar-refractivity contribution in [3.05, 3.63) is 52.2 Å². The number of benzene rings is 1. The molecule has 6 heteroatoms. The maximum absolute atomic E-state index is 12.1. The smallest absolute Gasteiger partial charge is 0.274 e. The van der Waals surface area contributed by atoms with Crippen LogP contribution in [0, 0.1) is 6.92 Å². The van der Waals surface area contributed by atoms with Crippen molar-refractivity contribution in [3.63, 3.8) is 0 Å². The van der Waals surface area contributed by atoms with E-state index >= 15 is 0 Å². The zero-order valence-electron chi connectivity index (χ0n) is 13.1. The Labute approximate surface area is 148 Å². The quantitative estimate of drug-likeness (QED) is 0.664. The number of amides is 1. The molecular weight excluding hydrogens is 340 g/mol. The SMILES string of the molecule is Cc1cccc2sc(OC3CN(C(=O)/C=C/c4cccs4)C3)nc12. The molecule has 24 heavy (non-hydrogen) atoms. The fourth-order valence-corrected chi connectivity index (χ4v) is 4.17. The predicted octanol–water partition coefficient (Wildman–Crippen LogP) is 3.97. The van der Waals surface area contributed by atoms with Crippen LogP contribution < -0.4 is 4.74 Å². The number of carbonyl (C=O) groups is 1. The van der Waals surface area contributed by atoms with Crippen molar-refractivity contribution in [2.24, 2.45) is 0 Å². The molecule has 1 fully saturated rings. The van der Waals surface area contributed by atoms with Crippen LogP contribution in [0.15, 0.2) is 41.8 Å². The van der Waals surface area contributed by atoms with Gasteiger partial charge in [0.25, 0.3) is 5.19 Å². The van der Waals surface area contributed by atoms with Gasteiger partial charge in [-0.05, 0) is 36.1 Å². The summed E-state index contributed by atoms with van der Waals surface area (Å²) in [4.78, 5) is 19.5. The van der Waals surface area contributed by atoms with Crippen LogP contribution in [0.25, 0.3) is 16.3 Å². The number of nitrogens with zero attached hydrogens (tertiary/aromatic N) is 2. The highest BCUT2D eigenvalue weighted by molar-refractivity contribution is 7.20. The topological polar surface area (TPSA) is 42.4 Å². The molecule has 0 spiro atoms. The number of likely N-dealkylation sites (tertiary alicyclic amines) is 1. The Morgan fingerprint density at radius 1 is 1.33 bits per heavy atom. The molecular formula is C18H16N2O2S2. The molecule has 1 aliphatic rings. The number of aryl methyl sites for hydroxylation is 1. The first kappa shape index (κ1) is 15.4. The number of carbonyl (C=O) groups excluding carboxylic acids is 1. The van der Waals surface area contributed by atoms with Crippen LogP contribution in [0.4, 0.5) is 0 Å². The van der Waals surface area contributed by atoms with E-state index in [-0.39, 0.29) is 12.0 Å². The van der Waals surface area contributed by atoms with E-state index < -0.39 is 0 Å². The maximum Gasteiger partial charge on any atom is 0.274 e. The average molecular weight is 356 g/mol. The Bertz CT molecular complexity index is 893. The summed E-state index contributed by atoms with van der Waals surface area (Å²) >= 11 is 3.18. The Balaban J connectivity index is 1.34. The van der Waals surface area contributed by atoms with Crippen molar-refractivity contribution in [3.8, 4) is 5.19 Å². The van der Waals surface area contributed by atoms with Crippen molar-refractivity contribution in [1.29, 1.82) is 0 Å². The first-order valence-electron chi connectivity index (χ1n) is 7.72. The fourth-order valence-electron chi connectivity index (χ4n) is 2.60. The van der Waals surface area contributed by atoms with Crippen LogP contribution in [0.1, 0.15) is 10.4 Å². The van der Waals surface area contributed by atoms with Gasteiger partial charge in [-0.15, -0.1) is 11.3 Å². The molecule has 0 unspecified atom stereocenters. The molecule has 122 valence electrons. The lowest BCUT2D eigenvalue weighted by molar-refractivity contribution is -0.134. The van der Waals surface area contributed by atoms with E-state index in [0.29, 0.717) is 18.3 Å². The minimum Gasteiger partial charge on any atom is -0.463 e. The number of hydrogen-bond acceptors (Lipinski definition) is 5. The minimum atomic E-state index is 0.0309. The zero-order valence-corrected chi connectivity index (χ0v) is 14.8. The standard InChI is InChI=1S/C18H16N2O2S2/c1-12-4-2-6-15-17(12)19-18(24-15)22-13-10-20(11-13)16(21)8-7-14-5-3-9-23-14/h2-9,13H,10-11H2,1H3/b8-7+. The lowest BCUT2D eigenvalue weighted by Crippen LogP contribution is -2.55. The van der Waals surface area contributed by atoms with Gasteiger partial charge in [-0.1, -0.05) is 29.5 Å². The summed E-state index contributed by atoms with van der Waals surface area (Å²) in [5.41, 5.74) is 2.16. The Morgan fingerprint density at radius 2 is 2.21 bits per heavy atom. The lowest BCUT2D eigenvalue weighted by atomic mass is 10.1. The number of thiazole rings is 1. The van der Waals surface area contributed by atoms with Gasteiger partial charge < -0.3 is 9.64 Å². The summed E-state index contributed by atoms with van der Waals surface area (Å²) < 4.78 is 7.05. The molecule has 0 aliphatic carbocycles. The maximum atomic E-state index is 12.1. The minimum absolute atomic E-state index is 0.0309. The van der Waals surface area contributed by atoms with Gasteiger partial charge in [0.1, 0.15) is 6.10 Å². The highest BCUT2D eigenvalue weighted by atomic mass is 32.1. The van der Waals surface area contributed by atoms with Crippen molar-refractivity contribution in [1.82, 2.24) is 9.88 Å². The predicted molar refractivity (Wildman–Crippen MR) is 98.7 cm³/mol. The van der Waals surface area contributed by atoms with E-state index in [4.69, 9.17) is 4.74 Å². The van der Waals surface area contributed by atoms with E-state index in [1.807, 2.05) is 29.7 Å². The molecule has 0 N–H and O–H groups in total. The van der Waals surface area contributed by atoms with Gasteiger partial charge in [-0.25, -0.2) is 4.98 Å². The van der Waals surface area contributed by atoms with Crippen LogP contribution in [-0.4, -0.2) is 35.0 Å². The number of hydrogen-bond donors (Lipinski definition) is 0. The van der Waals surface area contributed by atoms with Gasteiger partial charge in [-0.3, -0.25) is 4.79 Å². The van der Waals surface area contributed by atoms with Crippen LogP contribution >= 0.6 is 22.7 Å². The van der Waals surface area contributed by atoms with Crippen molar-refractivity contribution in [2.45, 2.75) is 13.0 Å². The summed E-state index contributed by atoms with van der Waals surface area (Å²) in [7, 11) is 0. The van der Waals surface area contributed by atoms with Gasteiger partial charge in [0.2, 0.25) is 5.91 Å². The second-order valence-electron chi connectivity index (χ2n) is 5.73. The third kappa shape index (κ3) is 3.07. The van der Waals surface area contributed by atoms with Crippen molar-refractivity contribution < 1.29 is 9.53 Å². The summed E-state index contributed by atoms with van der Waals surface area (Å²) in [6.07, 6.45) is 3.52. The second-order valence-corrected chi connectivity index (χ2v) is 7.71. The number of ether oxygens (including phenoxy) is 1. The van der Waals surface area contributed by atoms with E-state index in [1.165, 1.54) is 0 Å². The van der Waals surface area contributed by atoms with Gasteiger partial charge >= 0.3 is 0 Å². The molecule has 1 amide bonds. The third-order valence-corrected chi connectivity index (χ3v) is 5.71. The van der Waals surface area contributed by atoms with E-state index in [2.05, 4.69) is 24.0 Å². The Morgan fingerprint density at radius 3 is 2.96 bits per heavy atom. The molecule has 4 nitrogen and oxygen atoms in total. The third-order valence-electron chi connectivity index (χ3n) is 3.96. The number of para-hydroxylation sites is 1. The second kappa shape index (κ2) is 6.37. The molecule has 0 radical (unpaired) electrons. The highest BCUT2D eigenvalue weighted by Crippen LogP contribution is 2.31. The monoisotopic (exact) mass is 356 g/mol. The molecule has 0 atom stereocenters. The molecule has 3 heterocycles. The summed E-state index contributed by atoms with van der Waals surface area (Å²) in [5, 5.41) is 2.68. The number of fused-ring (bicyclic) bond motifs is 1. The molecule has 4 rings (SSSR count). The largest absolute Gasteiger partial charge is 0.463 e. The molecule has 0 saturated carbocycles. The fraction of sp³-hybridized carbons (Fsp3) is 0.222. The summed E-state index contributed by atoms with van der Waals surface area (Å²) in [6.45, 7) is 3.28. The molecule has 1 aromatic carbocycles. The molecule has 3 aromatic rings. The van der Waals surface area contributed by atoms with E-state index in [0.717, 1.165) is 20.7 Å². The van der Waals surface area contributed by atoms with Crippen LogP contribution in [0.5, 0.6) is 5.19 Å². The Hall–Kier alpha value is -2.18. The van der Waals surface area contributed by atoms with Gasteiger partial charge in [0.05, 0.1) is 23.3 Å². The number of rotatable bonds is 4. The molecule has 0 bridgehead atoms. The van der Waals surface area contributed by atoms with Crippen LogP contribution in [0.2, 0.25) is 0 Å². The molecule has 1 saturated heterocycles. The van der Waals surface area contributed by atoms with Crippen LogP contribution in [-0.2, 0) is 4.79 Å². The van der Waals surface area contributed by atoms with Gasteiger partial charge in [0.15, 0.2) is 0 Å². The summed E-state index contributed by atoms with van der Waals surface area (Å²) in [6, 6.07) is 10.1. The normalized spacial score (nSPS) is 15.1. The Kier molecular flexibility index (Phi) is 4.08. The number of thiophene rings is 1. The first-order valence-corrected chi connectivity index (χ1v) is 9.42. The molecule has 2 aromatic heterocycles. The highest BCUT2D eigenvalue weighted by Gasteiger charge is 2.31. The first-order chi connectivity index (χ1) is 11.7. The van der Waals surface area contributed by atoms with Crippen LogP contribution in [0.3, 0.4) is 0 Å². The van der Waals surface area contributed by atoms with E-state index in [1.54, 1.807) is 33.6 Å². The summed E-state index contributed by atoms with van der Waals surface area (Å²) in [5.74, 6) is 0.0309. The van der Waals surface area contributed by atoms with E-state index in [9.17, 15) is 4.79 Å². The zero-order chi connectivity index (χ0) is 16.5. The van der Waals surface area contributed by atoms with Gasteiger partial charge in [-0.2, -0.15) is 0 Å². The lowest BCUT2D eigenvalue weighted by Gasteiger charge is -2.37. The van der Waals surface area contributed by atoms with Crippen molar-refractivity contribution >= 4 is 44.9 Å². The van der Waals surface area contributed by atoms with Crippen molar-refractivity contribution in [2.75, 3.05) is 13.1 Å². The van der Waals surface area contributed by atoms with Gasteiger partial charge in [0, 0.05) is 11.0 Å². The molecule has 1 aliphatic heterocycles. The number of aromatic nitrogens is 1. The average Bonchev–Trinajstić information content (AvgIpc) is 3.18.